The SMILES string of the molecule is CS(=O)(=O)c1ccc(O)c(NC(=O)C23CC4CC(CC(C4)C2)C3)c1. The van der Waals surface area contributed by atoms with Gasteiger partial charge in [0.05, 0.1) is 16.0 Å². The number of amides is 1. The molecule has 0 saturated heterocycles. The van der Waals surface area contributed by atoms with Crippen LogP contribution in [0.4, 0.5) is 5.69 Å². The summed E-state index contributed by atoms with van der Waals surface area (Å²) in [7, 11) is -3.39. The van der Waals surface area contributed by atoms with Crippen LogP contribution in [0.25, 0.3) is 0 Å². The van der Waals surface area contributed by atoms with Gasteiger partial charge in [0.25, 0.3) is 0 Å². The van der Waals surface area contributed by atoms with E-state index in [1.807, 2.05) is 0 Å². The van der Waals surface area contributed by atoms with Crippen LogP contribution >= 0.6 is 0 Å². The summed E-state index contributed by atoms with van der Waals surface area (Å²) >= 11 is 0. The Balaban J connectivity index is 1.61. The first kappa shape index (κ1) is 15.9. The van der Waals surface area contributed by atoms with E-state index in [-0.39, 0.29) is 27.7 Å². The minimum absolute atomic E-state index is 0.0532. The molecule has 4 saturated carbocycles. The lowest BCUT2D eigenvalue weighted by Crippen LogP contribution is -2.51. The largest absolute Gasteiger partial charge is 0.506 e. The average molecular weight is 349 g/mol. The molecule has 0 unspecified atom stereocenters. The van der Waals surface area contributed by atoms with Gasteiger partial charge in [-0.3, -0.25) is 4.79 Å². The van der Waals surface area contributed by atoms with Crippen LogP contribution in [0.3, 0.4) is 0 Å². The van der Waals surface area contributed by atoms with Gasteiger partial charge in [0.2, 0.25) is 5.91 Å². The van der Waals surface area contributed by atoms with Gasteiger partial charge in [-0.2, -0.15) is 0 Å². The highest BCUT2D eigenvalue weighted by molar-refractivity contribution is 7.90. The van der Waals surface area contributed by atoms with Crippen molar-refractivity contribution in [3.05, 3.63) is 18.2 Å². The van der Waals surface area contributed by atoms with Crippen LogP contribution in [0.2, 0.25) is 0 Å². The molecule has 0 radical (unpaired) electrons. The van der Waals surface area contributed by atoms with Crippen LogP contribution < -0.4 is 5.32 Å². The zero-order chi connectivity index (χ0) is 17.1. The lowest BCUT2D eigenvalue weighted by Gasteiger charge is -2.55. The van der Waals surface area contributed by atoms with Gasteiger partial charge in [0.15, 0.2) is 9.84 Å². The first-order valence-electron chi connectivity index (χ1n) is 8.60. The molecule has 4 fully saturated rings. The van der Waals surface area contributed by atoms with Crippen molar-refractivity contribution in [2.24, 2.45) is 23.2 Å². The predicted octanol–water partition coefficient (Wildman–Crippen LogP) is 2.95. The van der Waals surface area contributed by atoms with Gasteiger partial charge in [-0.1, -0.05) is 0 Å². The van der Waals surface area contributed by atoms with E-state index in [1.54, 1.807) is 0 Å². The lowest BCUT2D eigenvalue weighted by atomic mass is 9.49. The quantitative estimate of drug-likeness (QED) is 0.822. The topological polar surface area (TPSA) is 83.5 Å². The van der Waals surface area contributed by atoms with E-state index < -0.39 is 9.84 Å². The number of hydrogen-bond donors (Lipinski definition) is 2. The second-order valence-corrected chi connectivity index (χ2v) is 10.1. The van der Waals surface area contributed by atoms with Crippen molar-refractivity contribution >= 4 is 21.4 Å². The minimum Gasteiger partial charge on any atom is -0.506 e. The smallest absolute Gasteiger partial charge is 0.230 e. The zero-order valence-electron chi connectivity index (χ0n) is 13.8. The van der Waals surface area contributed by atoms with Gasteiger partial charge in [-0.05, 0) is 74.5 Å². The van der Waals surface area contributed by atoms with E-state index >= 15 is 0 Å². The summed E-state index contributed by atoms with van der Waals surface area (Å²) in [5.41, 5.74) is -0.138. The molecule has 24 heavy (non-hydrogen) atoms. The number of phenolic OH excluding ortho intramolecular Hbond substituents is 1. The van der Waals surface area contributed by atoms with E-state index in [0.29, 0.717) is 17.8 Å². The summed E-state index contributed by atoms with van der Waals surface area (Å²) in [6.07, 6.45) is 7.65. The molecule has 6 heteroatoms. The summed E-state index contributed by atoms with van der Waals surface area (Å²) in [6, 6.07) is 4.03. The molecule has 0 aromatic heterocycles. The molecule has 2 N–H and O–H groups in total. The zero-order valence-corrected chi connectivity index (χ0v) is 14.6. The van der Waals surface area contributed by atoms with Crippen LogP contribution in [0.15, 0.2) is 23.1 Å². The van der Waals surface area contributed by atoms with Crippen molar-refractivity contribution in [2.75, 3.05) is 11.6 Å². The minimum atomic E-state index is -3.39. The first-order chi connectivity index (χ1) is 11.2. The lowest BCUT2D eigenvalue weighted by molar-refractivity contribution is -0.140. The fraction of sp³-hybridized carbons (Fsp3) is 0.611. The third kappa shape index (κ3) is 2.61. The van der Waals surface area contributed by atoms with E-state index in [9.17, 15) is 18.3 Å². The van der Waals surface area contributed by atoms with Gasteiger partial charge in [-0.15, -0.1) is 0 Å². The Bertz CT molecular complexity index is 764. The Hall–Kier alpha value is -1.56. The highest BCUT2D eigenvalue weighted by atomic mass is 32.2. The second kappa shape index (κ2) is 5.22. The first-order valence-corrected chi connectivity index (χ1v) is 10.5. The Morgan fingerprint density at radius 2 is 1.67 bits per heavy atom. The number of sulfone groups is 1. The maximum Gasteiger partial charge on any atom is 0.230 e. The number of anilines is 1. The molecule has 1 aromatic rings. The molecule has 4 aliphatic rings. The van der Waals surface area contributed by atoms with E-state index in [2.05, 4.69) is 5.32 Å². The van der Waals surface area contributed by atoms with Gasteiger partial charge in [-0.25, -0.2) is 8.42 Å². The number of aromatic hydroxyl groups is 1. The normalized spacial score (nSPS) is 34.3. The number of carbonyl (C=O) groups is 1. The highest BCUT2D eigenvalue weighted by Gasteiger charge is 2.54. The summed E-state index contributed by atoms with van der Waals surface area (Å²) in [6.45, 7) is 0. The number of rotatable bonds is 3. The Labute approximate surface area is 142 Å². The van der Waals surface area contributed by atoms with Crippen molar-refractivity contribution in [1.29, 1.82) is 0 Å². The summed E-state index contributed by atoms with van der Waals surface area (Å²) < 4.78 is 23.4. The highest BCUT2D eigenvalue weighted by Crippen LogP contribution is 2.60. The third-order valence-electron chi connectivity index (χ3n) is 6.16. The summed E-state index contributed by atoms with van der Waals surface area (Å²) in [5.74, 6) is 1.80. The molecule has 5 nitrogen and oxygen atoms in total. The van der Waals surface area contributed by atoms with Crippen molar-refractivity contribution in [3.63, 3.8) is 0 Å². The van der Waals surface area contributed by atoms with Crippen LogP contribution in [-0.4, -0.2) is 25.7 Å². The molecule has 0 atom stereocenters. The van der Waals surface area contributed by atoms with Crippen molar-refractivity contribution in [2.45, 2.75) is 43.4 Å². The fourth-order valence-electron chi connectivity index (χ4n) is 5.49. The molecule has 0 spiro atoms. The molecule has 4 aliphatic carbocycles. The van der Waals surface area contributed by atoms with E-state index in [0.717, 1.165) is 25.5 Å². The van der Waals surface area contributed by atoms with Gasteiger partial charge < -0.3 is 10.4 Å². The number of phenols is 1. The number of carbonyl (C=O) groups excluding carboxylic acids is 1. The molecular weight excluding hydrogens is 326 g/mol. The number of nitrogens with one attached hydrogen (secondary N) is 1. The van der Waals surface area contributed by atoms with Crippen LogP contribution in [-0.2, 0) is 14.6 Å². The molecule has 0 heterocycles. The maximum atomic E-state index is 13.0. The van der Waals surface area contributed by atoms with Crippen LogP contribution in [0, 0.1) is 23.2 Å². The van der Waals surface area contributed by atoms with Crippen molar-refractivity contribution in [3.8, 4) is 5.75 Å². The summed E-state index contributed by atoms with van der Waals surface area (Å²) in [4.78, 5) is 13.1. The van der Waals surface area contributed by atoms with E-state index in [4.69, 9.17) is 0 Å². The van der Waals surface area contributed by atoms with Gasteiger partial charge >= 0.3 is 0 Å². The van der Waals surface area contributed by atoms with Gasteiger partial charge in [0, 0.05) is 6.26 Å². The predicted molar refractivity (Wildman–Crippen MR) is 90.5 cm³/mol. The second-order valence-electron chi connectivity index (χ2n) is 8.10. The van der Waals surface area contributed by atoms with Crippen molar-refractivity contribution in [1.82, 2.24) is 0 Å². The molecule has 130 valence electrons. The Morgan fingerprint density at radius 3 is 2.17 bits per heavy atom. The molecular formula is C18H23NO4S. The summed E-state index contributed by atoms with van der Waals surface area (Å²) in [5, 5.41) is 12.8. The average Bonchev–Trinajstić information content (AvgIpc) is 2.46. The molecule has 1 amide bonds. The van der Waals surface area contributed by atoms with Gasteiger partial charge in [0.1, 0.15) is 5.75 Å². The molecule has 1 aromatic carbocycles. The monoisotopic (exact) mass is 349 g/mol. The number of hydrogen-bond acceptors (Lipinski definition) is 4. The third-order valence-corrected chi connectivity index (χ3v) is 7.27. The van der Waals surface area contributed by atoms with E-state index in [1.165, 1.54) is 37.5 Å². The Kier molecular flexibility index (Phi) is 3.46. The molecule has 0 aliphatic heterocycles. The van der Waals surface area contributed by atoms with Crippen LogP contribution in [0.1, 0.15) is 38.5 Å². The standard InChI is InChI=1S/C18H23NO4S/c1-24(22,23)14-2-3-16(20)15(7-14)19-17(21)18-8-11-4-12(9-18)6-13(5-11)10-18/h2-3,7,11-13,20H,4-6,8-10H2,1H3,(H,19,21). The maximum absolute atomic E-state index is 13.0. The molecule has 5 rings (SSSR count). The van der Waals surface area contributed by atoms with Crippen LogP contribution in [0.5, 0.6) is 5.75 Å². The fourth-order valence-corrected chi connectivity index (χ4v) is 6.14. The number of benzene rings is 1. The van der Waals surface area contributed by atoms with Crippen molar-refractivity contribution < 1.29 is 18.3 Å². The Morgan fingerprint density at radius 1 is 1.12 bits per heavy atom. The molecule has 4 bridgehead atoms.